The van der Waals surface area contributed by atoms with Crippen molar-refractivity contribution in [2.75, 3.05) is 6.54 Å². The summed E-state index contributed by atoms with van der Waals surface area (Å²) in [6.45, 7) is 4.04. The first-order valence-corrected chi connectivity index (χ1v) is 5.94. The smallest absolute Gasteiger partial charge is 0.251 e. The first kappa shape index (κ1) is 12.5. The molecule has 1 aromatic heterocycles. The average molecular weight is 308 g/mol. The van der Waals surface area contributed by atoms with Crippen molar-refractivity contribution in [3.8, 4) is 11.5 Å². The number of carbonyl (C=O) groups excluding carboxylic acids is 1. The lowest BCUT2D eigenvalue weighted by atomic mass is 10.1. The van der Waals surface area contributed by atoms with Gasteiger partial charge < -0.3 is 9.73 Å². The van der Waals surface area contributed by atoms with E-state index in [9.17, 15) is 4.79 Å². The fourth-order valence-electron chi connectivity index (χ4n) is 1.34. The fraction of sp³-hybridized carbons (Fsp3) is 0.0833. The third-order valence-corrected chi connectivity index (χ3v) is 2.48. The number of carbonyl (C=O) groups is 1. The van der Waals surface area contributed by atoms with Gasteiger partial charge in [-0.1, -0.05) is 22.5 Å². The Bertz CT molecular complexity index is 549. The van der Waals surface area contributed by atoms with Gasteiger partial charge in [-0.15, -0.1) is 10.2 Å². The molecule has 0 saturated heterocycles. The van der Waals surface area contributed by atoms with Crippen LogP contribution < -0.4 is 5.32 Å². The van der Waals surface area contributed by atoms with Gasteiger partial charge in [-0.25, -0.2) is 0 Å². The maximum absolute atomic E-state index is 11.7. The number of amides is 1. The fourth-order valence-corrected chi connectivity index (χ4v) is 1.48. The Hall–Kier alpha value is -1.95. The quantitative estimate of drug-likeness (QED) is 0.941. The van der Waals surface area contributed by atoms with Crippen LogP contribution in [-0.4, -0.2) is 22.6 Å². The van der Waals surface area contributed by atoms with Crippen molar-refractivity contribution in [1.82, 2.24) is 15.5 Å². The van der Waals surface area contributed by atoms with Gasteiger partial charge in [0.1, 0.15) is 0 Å². The normalized spacial score (nSPS) is 10.1. The third kappa shape index (κ3) is 3.04. The lowest BCUT2D eigenvalue weighted by molar-refractivity contribution is 0.0958. The highest BCUT2D eigenvalue weighted by atomic mass is 79.9. The predicted octanol–water partition coefficient (Wildman–Crippen LogP) is 2.38. The summed E-state index contributed by atoms with van der Waals surface area (Å²) in [7, 11) is 0. The number of benzene rings is 1. The van der Waals surface area contributed by atoms with Crippen molar-refractivity contribution in [2.45, 2.75) is 0 Å². The minimum atomic E-state index is -0.160. The topological polar surface area (TPSA) is 68.0 Å². The van der Waals surface area contributed by atoms with Crippen LogP contribution in [0, 0.1) is 0 Å². The molecule has 1 N–H and O–H groups in total. The predicted molar refractivity (Wildman–Crippen MR) is 70.1 cm³/mol. The zero-order valence-electron chi connectivity index (χ0n) is 9.39. The minimum absolute atomic E-state index is 0.160. The van der Waals surface area contributed by atoms with Crippen molar-refractivity contribution < 1.29 is 9.21 Å². The van der Waals surface area contributed by atoms with E-state index in [2.05, 4.69) is 38.0 Å². The third-order valence-electron chi connectivity index (χ3n) is 2.19. The van der Waals surface area contributed by atoms with E-state index in [0.717, 1.165) is 10.0 Å². The molecule has 0 unspecified atom stereocenters. The van der Waals surface area contributed by atoms with E-state index in [0.29, 0.717) is 18.0 Å². The van der Waals surface area contributed by atoms with Gasteiger partial charge in [0, 0.05) is 22.2 Å². The summed E-state index contributed by atoms with van der Waals surface area (Å²) in [5.74, 6) is 0.267. The molecule has 0 radical (unpaired) electrons. The molecule has 1 amide bonds. The molecule has 2 aromatic rings. The number of rotatable bonds is 4. The maximum atomic E-state index is 11.7. The zero-order valence-corrected chi connectivity index (χ0v) is 11.0. The second-order valence-corrected chi connectivity index (χ2v) is 4.64. The van der Waals surface area contributed by atoms with E-state index in [1.54, 1.807) is 24.3 Å². The first-order valence-electron chi connectivity index (χ1n) is 5.15. The Morgan fingerprint density at radius 1 is 1.39 bits per heavy atom. The number of nitrogens with one attached hydrogen (secondary N) is 1. The summed E-state index contributed by atoms with van der Waals surface area (Å²) >= 11 is 3.18. The zero-order chi connectivity index (χ0) is 13.0. The van der Waals surface area contributed by atoms with E-state index in [-0.39, 0.29) is 5.91 Å². The molecule has 92 valence electrons. The summed E-state index contributed by atoms with van der Waals surface area (Å²) in [6, 6.07) is 6.91. The minimum Gasteiger partial charge on any atom is -0.423 e. The van der Waals surface area contributed by atoms with Crippen LogP contribution in [0.5, 0.6) is 0 Å². The van der Waals surface area contributed by atoms with E-state index in [1.807, 2.05) is 0 Å². The van der Waals surface area contributed by atoms with Crippen LogP contribution in [0.25, 0.3) is 11.5 Å². The molecule has 0 bridgehead atoms. The largest absolute Gasteiger partial charge is 0.423 e. The van der Waals surface area contributed by atoms with Gasteiger partial charge in [0.05, 0.1) is 0 Å². The van der Waals surface area contributed by atoms with Crippen molar-refractivity contribution in [3.63, 3.8) is 0 Å². The van der Waals surface area contributed by atoms with Crippen LogP contribution in [-0.2, 0) is 0 Å². The van der Waals surface area contributed by atoms with Crippen molar-refractivity contribution in [3.05, 3.63) is 47.3 Å². The number of aromatic nitrogens is 2. The second-order valence-electron chi connectivity index (χ2n) is 3.52. The van der Waals surface area contributed by atoms with E-state index in [4.69, 9.17) is 4.42 Å². The summed E-state index contributed by atoms with van der Waals surface area (Å²) in [5.41, 5.74) is 1.33. The molecule has 1 aromatic carbocycles. The van der Waals surface area contributed by atoms with Crippen LogP contribution >= 0.6 is 15.9 Å². The molecule has 2 rings (SSSR count). The van der Waals surface area contributed by atoms with Gasteiger partial charge in [-0.05, 0) is 24.3 Å². The molecule has 0 aliphatic heterocycles. The highest BCUT2D eigenvalue weighted by Crippen LogP contribution is 2.16. The number of nitrogens with zero attached hydrogens (tertiary/aromatic N) is 2. The molecule has 0 aliphatic rings. The summed E-state index contributed by atoms with van der Waals surface area (Å²) in [6.07, 6.45) is 1.26. The molecule has 6 heteroatoms. The van der Waals surface area contributed by atoms with Crippen molar-refractivity contribution >= 4 is 21.8 Å². The lowest BCUT2D eigenvalue weighted by Crippen LogP contribution is -2.24. The van der Waals surface area contributed by atoms with Crippen molar-refractivity contribution in [2.24, 2.45) is 0 Å². The molecule has 18 heavy (non-hydrogen) atoms. The van der Waals surface area contributed by atoms with Crippen molar-refractivity contribution in [1.29, 1.82) is 0 Å². The Morgan fingerprint density at radius 2 is 2.11 bits per heavy atom. The van der Waals surface area contributed by atoms with Crippen LogP contribution in [0.3, 0.4) is 0 Å². The summed E-state index contributed by atoms with van der Waals surface area (Å²) in [4.78, 5) is 11.7. The van der Waals surface area contributed by atoms with Gasteiger partial charge in [0.2, 0.25) is 12.3 Å². The molecular formula is C12H10BrN3O2. The van der Waals surface area contributed by atoms with Gasteiger partial charge in [-0.3, -0.25) is 4.79 Å². The Kier molecular flexibility index (Phi) is 3.88. The summed E-state index contributed by atoms with van der Waals surface area (Å²) < 4.78 is 5.78. The van der Waals surface area contributed by atoms with Crippen LogP contribution in [0.15, 0.2) is 46.1 Å². The Labute approximate surface area is 112 Å². The highest BCUT2D eigenvalue weighted by molar-refractivity contribution is 9.11. The molecule has 5 nitrogen and oxygen atoms in total. The molecule has 0 saturated carbocycles. The second kappa shape index (κ2) is 5.59. The monoisotopic (exact) mass is 307 g/mol. The van der Waals surface area contributed by atoms with E-state index < -0.39 is 0 Å². The molecule has 1 heterocycles. The lowest BCUT2D eigenvalue weighted by Gasteiger charge is -2.04. The van der Waals surface area contributed by atoms with Crippen LogP contribution in [0.2, 0.25) is 0 Å². The number of hydrogen-bond donors (Lipinski definition) is 1. The first-order chi connectivity index (χ1) is 8.66. The molecule has 0 fully saturated rings. The van der Waals surface area contributed by atoms with E-state index >= 15 is 0 Å². The SMILES string of the molecule is C=C(Br)CNC(=O)c1ccc(-c2nnco2)cc1. The van der Waals surface area contributed by atoms with E-state index in [1.165, 1.54) is 6.39 Å². The van der Waals surface area contributed by atoms with Gasteiger partial charge in [0.15, 0.2) is 0 Å². The average Bonchev–Trinajstić information content (AvgIpc) is 2.90. The Morgan fingerprint density at radius 3 is 2.67 bits per heavy atom. The molecule has 0 aliphatic carbocycles. The Balaban J connectivity index is 2.08. The number of hydrogen-bond acceptors (Lipinski definition) is 4. The van der Waals surface area contributed by atoms with Crippen LogP contribution in [0.1, 0.15) is 10.4 Å². The summed E-state index contributed by atoms with van der Waals surface area (Å²) in [5, 5.41) is 10.1. The van der Waals surface area contributed by atoms with Gasteiger partial charge >= 0.3 is 0 Å². The molecular weight excluding hydrogens is 298 g/mol. The maximum Gasteiger partial charge on any atom is 0.251 e. The number of halogens is 1. The standard InChI is InChI=1S/C12H10BrN3O2/c1-8(13)6-14-11(17)9-2-4-10(5-3-9)12-16-15-7-18-12/h2-5,7H,1,6H2,(H,14,17). The molecule has 0 spiro atoms. The highest BCUT2D eigenvalue weighted by Gasteiger charge is 2.07. The van der Waals surface area contributed by atoms with Gasteiger partial charge in [-0.2, -0.15) is 0 Å². The van der Waals surface area contributed by atoms with Gasteiger partial charge in [0.25, 0.3) is 5.91 Å². The van der Waals surface area contributed by atoms with Crippen LogP contribution in [0.4, 0.5) is 0 Å². The molecule has 0 atom stereocenters.